The van der Waals surface area contributed by atoms with Crippen LogP contribution in [0.3, 0.4) is 0 Å². The van der Waals surface area contributed by atoms with Crippen molar-refractivity contribution in [3.63, 3.8) is 0 Å². The number of carbonyl (C=O) groups excluding carboxylic acids is 2. The summed E-state index contributed by atoms with van der Waals surface area (Å²) in [5.41, 5.74) is 3.22. The van der Waals surface area contributed by atoms with Crippen LogP contribution in [0.15, 0.2) is 36.4 Å². The molecule has 0 saturated heterocycles. The zero-order valence-corrected chi connectivity index (χ0v) is 19.6. The number of benzene rings is 2. The molecule has 33 heavy (non-hydrogen) atoms. The second kappa shape index (κ2) is 11.1. The molecule has 1 aliphatic rings. The molecule has 1 heterocycles. The Labute approximate surface area is 193 Å². The van der Waals surface area contributed by atoms with Gasteiger partial charge in [0.05, 0.1) is 27.9 Å². The first-order valence-corrected chi connectivity index (χ1v) is 10.6. The Kier molecular flexibility index (Phi) is 8.26. The van der Waals surface area contributed by atoms with E-state index < -0.39 is 24.3 Å². The molecule has 9 heteroatoms. The zero-order valence-electron chi connectivity index (χ0n) is 19.6. The fraction of sp³-hybridized carbons (Fsp3) is 0.417. The van der Waals surface area contributed by atoms with Crippen LogP contribution in [-0.2, 0) is 25.5 Å². The highest BCUT2D eigenvalue weighted by atomic mass is 16.5. The van der Waals surface area contributed by atoms with E-state index in [4.69, 9.17) is 18.9 Å². The second-order valence-corrected chi connectivity index (χ2v) is 7.63. The van der Waals surface area contributed by atoms with Crippen LogP contribution >= 0.6 is 0 Å². The number of fused-ring (bicyclic) bond motifs is 5. The fourth-order valence-corrected chi connectivity index (χ4v) is 3.98. The molecule has 1 aliphatic heterocycles. The number of amides is 1. The highest BCUT2D eigenvalue weighted by Crippen LogP contribution is 2.39. The van der Waals surface area contributed by atoms with Gasteiger partial charge in [0.2, 0.25) is 5.91 Å². The molecule has 178 valence electrons. The number of rotatable bonds is 5. The molecule has 4 bridgehead atoms. The maximum Gasteiger partial charge on any atom is 0.323 e. The van der Waals surface area contributed by atoms with Gasteiger partial charge in [0.25, 0.3) is 0 Å². The van der Waals surface area contributed by atoms with E-state index in [0.717, 1.165) is 22.3 Å². The van der Waals surface area contributed by atoms with Crippen molar-refractivity contribution >= 4 is 11.9 Å². The van der Waals surface area contributed by atoms with E-state index in [2.05, 4.69) is 16.0 Å². The third-order valence-corrected chi connectivity index (χ3v) is 5.72. The van der Waals surface area contributed by atoms with Gasteiger partial charge >= 0.3 is 5.97 Å². The van der Waals surface area contributed by atoms with Gasteiger partial charge in [-0.3, -0.25) is 14.9 Å². The predicted octanol–water partition coefficient (Wildman–Crippen LogP) is 1.41. The molecule has 3 rings (SSSR count). The fourth-order valence-electron chi connectivity index (χ4n) is 3.98. The standard InChI is InChI=1S/C24H31N3O6/c1-25-22-15-7-9-20(31-3)17(12-15)16-10-14(6-8-19(16)30-2)11-18(24(29)33-5)27-21(32-4)13-26-23(22)28/h6-10,12,18,21-22,25,27H,11,13H2,1-5H3,(H,26,28). The van der Waals surface area contributed by atoms with Crippen molar-refractivity contribution in [1.29, 1.82) is 0 Å². The number of ether oxygens (including phenoxy) is 4. The minimum absolute atomic E-state index is 0.165. The Morgan fingerprint density at radius 1 is 1.00 bits per heavy atom. The Morgan fingerprint density at radius 3 is 2.27 bits per heavy atom. The lowest BCUT2D eigenvalue weighted by molar-refractivity contribution is -0.144. The van der Waals surface area contributed by atoms with Crippen LogP contribution in [0.4, 0.5) is 0 Å². The van der Waals surface area contributed by atoms with Gasteiger partial charge < -0.3 is 29.6 Å². The summed E-state index contributed by atoms with van der Waals surface area (Å²) in [5.74, 6) is 0.619. The number of hydrogen-bond donors (Lipinski definition) is 3. The number of methoxy groups -OCH3 is 4. The van der Waals surface area contributed by atoms with E-state index in [-0.39, 0.29) is 12.5 Å². The van der Waals surface area contributed by atoms with Crippen molar-refractivity contribution in [1.82, 2.24) is 16.0 Å². The molecule has 2 aromatic carbocycles. The first-order chi connectivity index (χ1) is 15.9. The van der Waals surface area contributed by atoms with E-state index in [1.165, 1.54) is 14.2 Å². The van der Waals surface area contributed by atoms with Gasteiger partial charge in [-0.15, -0.1) is 0 Å². The largest absolute Gasteiger partial charge is 0.496 e. The van der Waals surface area contributed by atoms with Crippen LogP contribution in [0.1, 0.15) is 17.2 Å². The Morgan fingerprint density at radius 2 is 1.67 bits per heavy atom. The first kappa shape index (κ1) is 24.5. The minimum atomic E-state index is -0.686. The Balaban J connectivity index is 2.20. The zero-order chi connectivity index (χ0) is 24.0. The molecule has 1 amide bonds. The number of likely N-dealkylation sites (N-methyl/N-ethyl adjacent to an activating group) is 1. The molecule has 0 aliphatic carbocycles. The first-order valence-electron chi connectivity index (χ1n) is 10.6. The van der Waals surface area contributed by atoms with Crippen molar-refractivity contribution in [3.05, 3.63) is 47.5 Å². The summed E-state index contributed by atoms with van der Waals surface area (Å²) in [6, 6.07) is 10.0. The maximum absolute atomic E-state index is 13.0. The lowest BCUT2D eigenvalue weighted by Gasteiger charge is -2.26. The molecule has 3 atom stereocenters. The maximum atomic E-state index is 13.0. The lowest BCUT2D eigenvalue weighted by atomic mass is 9.94. The number of nitrogens with one attached hydrogen (secondary N) is 3. The monoisotopic (exact) mass is 457 g/mol. The highest BCUT2D eigenvalue weighted by Gasteiger charge is 2.27. The van der Waals surface area contributed by atoms with Crippen LogP contribution < -0.4 is 25.4 Å². The highest BCUT2D eigenvalue weighted by molar-refractivity contribution is 5.85. The van der Waals surface area contributed by atoms with E-state index in [1.54, 1.807) is 21.3 Å². The molecule has 0 fully saturated rings. The molecule has 2 aromatic rings. The quantitative estimate of drug-likeness (QED) is 0.579. The second-order valence-electron chi connectivity index (χ2n) is 7.63. The SMILES string of the molecule is CNC1C(=O)NCC(OC)NC(C(=O)OC)Cc2ccc(OC)c(c2)-c2cc1ccc2OC. The predicted molar refractivity (Wildman–Crippen MR) is 123 cm³/mol. The lowest BCUT2D eigenvalue weighted by Crippen LogP contribution is -2.51. The average Bonchev–Trinajstić information content (AvgIpc) is 2.85. The number of carbonyl (C=O) groups is 2. The van der Waals surface area contributed by atoms with Crippen LogP contribution in [0.25, 0.3) is 11.1 Å². The third kappa shape index (κ3) is 5.44. The van der Waals surface area contributed by atoms with Crippen LogP contribution in [-0.4, -0.2) is 66.2 Å². The molecule has 3 unspecified atom stereocenters. The number of hydrogen-bond acceptors (Lipinski definition) is 8. The van der Waals surface area contributed by atoms with Gasteiger partial charge in [-0.1, -0.05) is 12.1 Å². The summed E-state index contributed by atoms with van der Waals surface area (Å²) in [6.45, 7) is 0.165. The molecule has 3 N–H and O–H groups in total. The third-order valence-electron chi connectivity index (χ3n) is 5.72. The normalized spacial score (nSPS) is 20.9. The average molecular weight is 458 g/mol. The van der Waals surface area contributed by atoms with Crippen molar-refractivity contribution < 1.29 is 28.5 Å². The molecular formula is C24H31N3O6. The summed E-state index contributed by atoms with van der Waals surface area (Å²) in [4.78, 5) is 25.5. The molecule has 0 saturated carbocycles. The van der Waals surface area contributed by atoms with Gasteiger partial charge in [-0.25, -0.2) is 0 Å². The van der Waals surface area contributed by atoms with Gasteiger partial charge in [-0.2, -0.15) is 0 Å². The van der Waals surface area contributed by atoms with Crippen molar-refractivity contribution in [2.75, 3.05) is 42.0 Å². The summed E-state index contributed by atoms with van der Waals surface area (Å²) < 4.78 is 21.7. The molecular weight excluding hydrogens is 426 g/mol. The Bertz CT molecular complexity index is 996. The Hall–Kier alpha value is -3.14. The summed E-state index contributed by atoms with van der Waals surface area (Å²) in [7, 11) is 7.76. The minimum Gasteiger partial charge on any atom is -0.496 e. The van der Waals surface area contributed by atoms with Crippen LogP contribution in [0, 0.1) is 0 Å². The topological polar surface area (TPSA) is 107 Å². The van der Waals surface area contributed by atoms with E-state index in [9.17, 15) is 9.59 Å². The van der Waals surface area contributed by atoms with Gasteiger partial charge in [-0.05, 0) is 48.9 Å². The molecule has 0 radical (unpaired) electrons. The summed E-state index contributed by atoms with van der Waals surface area (Å²) >= 11 is 0. The van der Waals surface area contributed by atoms with Crippen molar-refractivity contribution in [3.8, 4) is 22.6 Å². The van der Waals surface area contributed by atoms with Crippen LogP contribution in [0.2, 0.25) is 0 Å². The summed E-state index contributed by atoms with van der Waals surface area (Å²) in [5, 5.41) is 9.09. The van der Waals surface area contributed by atoms with Crippen molar-refractivity contribution in [2.24, 2.45) is 0 Å². The van der Waals surface area contributed by atoms with E-state index in [0.29, 0.717) is 17.9 Å². The van der Waals surface area contributed by atoms with Gasteiger partial charge in [0.15, 0.2) is 0 Å². The van der Waals surface area contributed by atoms with E-state index >= 15 is 0 Å². The summed E-state index contributed by atoms with van der Waals surface area (Å²) in [6.07, 6.45) is -0.249. The molecule has 0 spiro atoms. The van der Waals surface area contributed by atoms with Crippen molar-refractivity contribution in [2.45, 2.75) is 24.7 Å². The van der Waals surface area contributed by atoms with Gasteiger partial charge in [0.1, 0.15) is 29.8 Å². The number of esters is 1. The van der Waals surface area contributed by atoms with Gasteiger partial charge in [0, 0.05) is 18.2 Å². The molecule has 9 nitrogen and oxygen atoms in total. The van der Waals surface area contributed by atoms with E-state index in [1.807, 2.05) is 36.4 Å². The van der Waals surface area contributed by atoms with Crippen LogP contribution in [0.5, 0.6) is 11.5 Å². The smallest absolute Gasteiger partial charge is 0.323 e. The molecule has 0 aromatic heterocycles.